The number of benzene rings is 1. The van der Waals surface area contributed by atoms with Crippen molar-refractivity contribution in [1.82, 2.24) is 0 Å². The molecule has 1 aromatic carbocycles. The van der Waals surface area contributed by atoms with Crippen LogP contribution in [0.5, 0.6) is 0 Å². The van der Waals surface area contributed by atoms with Crippen LogP contribution in [0, 0.1) is 5.82 Å². The van der Waals surface area contributed by atoms with Crippen molar-refractivity contribution in [3.8, 4) is 11.3 Å². The number of hydrogen-bond acceptors (Lipinski definition) is 1. The molecule has 21 heavy (non-hydrogen) atoms. The van der Waals surface area contributed by atoms with Gasteiger partial charge in [-0.3, -0.25) is 0 Å². The molecule has 0 fully saturated rings. The molecule has 114 valence electrons. The van der Waals surface area contributed by atoms with Crippen LogP contribution in [0.25, 0.3) is 11.3 Å². The zero-order chi connectivity index (χ0) is 15.1. The summed E-state index contributed by atoms with van der Waals surface area (Å²) in [6.45, 7) is 4.18. The molecule has 0 aliphatic rings. The van der Waals surface area contributed by atoms with Crippen LogP contribution in [0.2, 0.25) is 5.02 Å². The van der Waals surface area contributed by atoms with Crippen LogP contribution in [0.3, 0.4) is 0 Å². The summed E-state index contributed by atoms with van der Waals surface area (Å²) in [7, 11) is 0. The van der Waals surface area contributed by atoms with E-state index in [-0.39, 0.29) is 5.02 Å². The highest BCUT2D eigenvalue weighted by Crippen LogP contribution is 2.26. The van der Waals surface area contributed by atoms with E-state index in [1.807, 2.05) is 12.1 Å². The van der Waals surface area contributed by atoms with E-state index in [4.69, 9.17) is 16.0 Å². The molecule has 0 unspecified atom stereocenters. The van der Waals surface area contributed by atoms with E-state index < -0.39 is 5.82 Å². The van der Waals surface area contributed by atoms with E-state index >= 15 is 0 Å². The molecule has 0 aliphatic carbocycles. The summed E-state index contributed by atoms with van der Waals surface area (Å²) in [4.78, 5) is 0. The summed E-state index contributed by atoms with van der Waals surface area (Å²) >= 11 is 5.79. The van der Waals surface area contributed by atoms with E-state index in [2.05, 4.69) is 12.2 Å². The smallest absolute Gasteiger partial charge is 0.158 e. The highest BCUT2D eigenvalue weighted by Gasteiger charge is 2.08. The maximum Gasteiger partial charge on any atom is 0.158 e. The predicted molar refractivity (Wildman–Crippen MR) is 83.8 cm³/mol. The normalized spacial score (nSPS) is 11.0. The lowest BCUT2D eigenvalue weighted by atomic mass is 10.2. The van der Waals surface area contributed by atoms with Crippen LogP contribution < -0.4 is 5.32 Å². The highest BCUT2D eigenvalue weighted by atomic mass is 35.5. The molecule has 1 heterocycles. The van der Waals surface area contributed by atoms with E-state index in [1.54, 1.807) is 12.1 Å². The average Bonchev–Trinajstić information content (AvgIpc) is 2.94. The Labute approximate surface area is 130 Å². The molecule has 2 nitrogen and oxygen atoms in total. The molecule has 4 heteroatoms. The largest absolute Gasteiger partial charge is 0.455 e. The molecular formula is C17H22ClFNO+. The van der Waals surface area contributed by atoms with Crippen molar-refractivity contribution >= 4 is 11.6 Å². The zero-order valence-electron chi connectivity index (χ0n) is 12.4. The lowest BCUT2D eigenvalue weighted by Crippen LogP contribution is -2.82. The molecule has 1 aromatic heterocycles. The van der Waals surface area contributed by atoms with Crippen molar-refractivity contribution in [3.63, 3.8) is 0 Å². The number of furan rings is 1. The van der Waals surface area contributed by atoms with Gasteiger partial charge in [0.2, 0.25) is 0 Å². The van der Waals surface area contributed by atoms with E-state index in [1.165, 1.54) is 31.7 Å². The zero-order valence-corrected chi connectivity index (χ0v) is 13.1. The van der Waals surface area contributed by atoms with E-state index in [9.17, 15) is 4.39 Å². The van der Waals surface area contributed by atoms with Crippen molar-refractivity contribution in [2.45, 2.75) is 39.2 Å². The molecular weight excluding hydrogens is 289 g/mol. The van der Waals surface area contributed by atoms with E-state index in [0.717, 1.165) is 30.2 Å². The van der Waals surface area contributed by atoms with Crippen LogP contribution >= 0.6 is 11.6 Å². The Hall–Kier alpha value is -1.32. The molecule has 0 amide bonds. The van der Waals surface area contributed by atoms with Crippen molar-refractivity contribution in [2.75, 3.05) is 6.54 Å². The van der Waals surface area contributed by atoms with Gasteiger partial charge in [0.05, 0.1) is 11.6 Å². The van der Waals surface area contributed by atoms with Crippen LogP contribution in [0.15, 0.2) is 34.7 Å². The molecule has 0 spiro atoms. The monoisotopic (exact) mass is 310 g/mol. The predicted octanol–water partition coefficient (Wildman–Crippen LogP) is 4.38. The number of quaternary nitrogens is 1. The average molecular weight is 311 g/mol. The van der Waals surface area contributed by atoms with Gasteiger partial charge in [-0.25, -0.2) is 4.39 Å². The van der Waals surface area contributed by atoms with Crippen LogP contribution in [-0.2, 0) is 6.54 Å². The van der Waals surface area contributed by atoms with Crippen LogP contribution in [0.4, 0.5) is 4.39 Å². The second kappa shape index (κ2) is 8.20. The van der Waals surface area contributed by atoms with Gasteiger partial charge in [0.15, 0.2) is 5.76 Å². The molecule has 2 aromatic rings. The fourth-order valence-electron chi connectivity index (χ4n) is 2.25. The number of hydrogen-bond donors (Lipinski definition) is 1. The van der Waals surface area contributed by atoms with Crippen molar-refractivity contribution in [1.29, 1.82) is 0 Å². The van der Waals surface area contributed by atoms with Gasteiger partial charge in [0.1, 0.15) is 18.1 Å². The van der Waals surface area contributed by atoms with Gasteiger partial charge >= 0.3 is 0 Å². The standard InChI is InChI=1S/C17H21ClFNO/c1-2-3-4-5-10-20-12-14-7-9-17(21-14)13-6-8-16(19)15(18)11-13/h6-9,11,20H,2-5,10,12H2,1H3/p+1. The molecule has 0 atom stereocenters. The summed E-state index contributed by atoms with van der Waals surface area (Å²) < 4.78 is 18.9. The number of nitrogens with two attached hydrogens (primary N) is 1. The Balaban J connectivity index is 1.85. The summed E-state index contributed by atoms with van der Waals surface area (Å²) in [5, 5.41) is 2.38. The first kappa shape index (κ1) is 16.1. The molecule has 0 bridgehead atoms. The van der Waals surface area contributed by atoms with Gasteiger partial charge in [0, 0.05) is 5.56 Å². The van der Waals surface area contributed by atoms with E-state index in [0.29, 0.717) is 0 Å². The fourth-order valence-corrected chi connectivity index (χ4v) is 2.43. The lowest BCUT2D eigenvalue weighted by Gasteiger charge is -2.01. The van der Waals surface area contributed by atoms with Gasteiger partial charge in [-0.2, -0.15) is 0 Å². The topological polar surface area (TPSA) is 29.8 Å². The van der Waals surface area contributed by atoms with Crippen molar-refractivity contribution < 1.29 is 14.1 Å². The molecule has 0 saturated carbocycles. The van der Waals surface area contributed by atoms with Crippen LogP contribution in [-0.4, -0.2) is 6.54 Å². The molecule has 0 aliphatic heterocycles. The first-order chi connectivity index (χ1) is 10.2. The fraction of sp³-hybridized carbons (Fsp3) is 0.412. The third-order valence-corrected chi connectivity index (χ3v) is 3.76. The molecule has 2 rings (SSSR count). The Bertz CT molecular complexity index is 568. The summed E-state index contributed by atoms with van der Waals surface area (Å²) in [6, 6.07) is 8.50. The van der Waals surface area contributed by atoms with Gasteiger partial charge in [-0.15, -0.1) is 0 Å². The van der Waals surface area contributed by atoms with Gasteiger partial charge < -0.3 is 9.73 Å². The Morgan fingerprint density at radius 2 is 2.00 bits per heavy atom. The quantitative estimate of drug-likeness (QED) is 0.720. The Morgan fingerprint density at radius 3 is 2.76 bits per heavy atom. The second-order valence-corrected chi connectivity index (χ2v) is 5.64. The SMILES string of the molecule is CCCCCC[NH2+]Cc1ccc(-c2ccc(F)c(Cl)c2)o1. The van der Waals surface area contributed by atoms with Crippen LogP contribution in [0.1, 0.15) is 38.4 Å². The Morgan fingerprint density at radius 1 is 1.14 bits per heavy atom. The molecule has 2 N–H and O–H groups in total. The van der Waals surface area contributed by atoms with Gasteiger partial charge in [-0.1, -0.05) is 31.4 Å². The highest BCUT2D eigenvalue weighted by molar-refractivity contribution is 6.31. The first-order valence-corrected chi connectivity index (χ1v) is 7.94. The number of halogens is 2. The maximum atomic E-state index is 13.1. The van der Waals surface area contributed by atoms with Gasteiger partial charge in [0.25, 0.3) is 0 Å². The second-order valence-electron chi connectivity index (χ2n) is 5.24. The Kier molecular flexibility index (Phi) is 6.27. The van der Waals surface area contributed by atoms with Crippen molar-refractivity contribution in [2.24, 2.45) is 0 Å². The summed E-state index contributed by atoms with van der Waals surface area (Å²) in [5.41, 5.74) is 0.801. The molecule has 0 saturated heterocycles. The number of unbranched alkanes of at least 4 members (excludes halogenated alkanes) is 3. The first-order valence-electron chi connectivity index (χ1n) is 7.56. The lowest BCUT2D eigenvalue weighted by molar-refractivity contribution is -0.672. The van der Waals surface area contributed by atoms with Crippen molar-refractivity contribution in [3.05, 3.63) is 46.9 Å². The third kappa shape index (κ3) is 4.87. The van der Waals surface area contributed by atoms with Gasteiger partial charge in [-0.05, 0) is 43.2 Å². The minimum absolute atomic E-state index is 0.118. The molecule has 0 radical (unpaired) electrons. The third-order valence-electron chi connectivity index (χ3n) is 3.47. The summed E-state index contributed by atoms with van der Waals surface area (Å²) in [6.07, 6.45) is 5.12. The number of rotatable bonds is 8. The summed E-state index contributed by atoms with van der Waals surface area (Å²) in [5.74, 6) is 1.25. The minimum Gasteiger partial charge on any atom is -0.455 e. The maximum absolute atomic E-state index is 13.1. The minimum atomic E-state index is -0.410.